The van der Waals surface area contributed by atoms with E-state index >= 15 is 0 Å². The summed E-state index contributed by atoms with van der Waals surface area (Å²) in [7, 11) is 0. The van der Waals surface area contributed by atoms with Gasteiger partial charge in [-0.25, -0.2) is 15.0 Å². The van der Waals surface area contributed by atoms with Crippen LogP contribution in [0.1, 0.15) is 19.1 Å². The molecule has 2 aromatic rings. The highest BCUT2D eigenvalue weighted by molar-refractivity contribution is 5.84. The average Bonchev–Trinajstić information content (AvgIpc) is 3.09. The van der Waals surface area contributed by atoms with Crippen molar-refractivity contribution < 1.29 is 14.9 Å². The average molecular weight is 294 g/mol. The minimum absolute atomic E-state index is 0.0142. The standard InChI is InChI=1S/C12H18N6O3/c13-10-9-11(16-6-15-10)18(12(17-9)14-3-4-19)8-2-1-7(5-20)21-8/h6-8,19-20H,1-5H2,(H,14,17)(H2,13,15,16). The van der Waals surface area contributed by atoms with Crippen LogP contribution in [0.25, 0.3) is 11.2 Å². The molecular formula is C12H18N6O3. The Balaban J connectivity index is 2.03. The predicted octanol–water partition coefficient (Wildman–Crippen LogP) is -0.517. The van der Waals surface area contributed by atoms with Crippen molar-refractivity contribution >= 4 is 22.9 Å². The minimum atomic E-state index is -0.275. The third kappa shape index (κ3) is 2.50. The Morgan fingerprint density at radius 1 is 1.38 bits per heavy atom. The molecule has 1 fully saturated rings. The first-order valence-corrected chi connectivity index (χ1v) is 6.84. The van der Waals surface area contributed by atoms with Gasteiger partial charge in [-0.3, -0.25) is 4.57 Å². The molecule has 9 nitrogen and oxygen atoms in total. The number of anilines is 2. The lowest BCUT2D eigenvalue weighted by molar-refractivity contribution is -0.0197. The quantitative estimate of drug-likeness (QED) is 0.579. The Bertz CT molecular complexity index is 631. The van der Waals surface area contributed by atoms with Crippen LogP contribution in [-0.2, 0) is 4.74 Å². The molecule has 0 bridgehead atoms. The molecule has 0 aliphatic carbocycles. The van der Waals surface area contributed by atoms with Crippen molar-refractivity contribution in [3.63, 3.8) is 0 Å². The van der Waals surface area contributed by atoms with Crippen molar-refractivity contribution in [2.45, 2.75) is 25.2 Å². The van der Waals surface area contributed by atoms with Crippen molar-refractivity contribution in [1.29, 1.82) is 0 Å². The maximum absolute atomic E-state index is 9.21. The van der Waals surface area contributed by atoms with E-state index in [1.165, 1.54) is 6.33 Å². The topological polar surface area (TPSA) is 131 Å². The van der Waals surface area contributed by atoms with E-state index in [0.29, 0.717) is 29.5 Å². The molecule has 0 spiro atoms. The van der Waals surface area contributed by atoms with E-state index in [0.717, 1.165) is 12.8 Å². The van der Waals surface area contributed by atoms with Gasteiger partial charge >= 0.3 is 0 Å². The molecule has 3 rings (SSSR count). The first kappa shape index (κ1) is 14.0. The number of nitrogens with one attached hydrogen (secondary N) is 1. The van der Waals surface area contributed by atoms with Crippen LogP contribution >= 0.6 is 0 Å². The normalized spacial score (nSPS) is 22.0. The Morgan fingerprint density at radius 2 is 2.24 bits per heavy atom. The number of hydrogen-bond donors (Lipinski definition) is 4. The minimum Gasteiger partial charge on any atom is -0.395 e. The number of rotatable bonds is 5. The number of aliphatic hydroxyl groups is 2. The summed E-state index contributed by atoms with van der Waals surface area (Å²) in [4.78, 5) is 12.6. The van der Waals surface area contributed by atoms with Crippen molar-refractivity contribution in [2.24, 2.45) is 0 Å². The van der Waals surface area contributed by atoms with Gasteiger partial charge in [0.05, 0.1) is 19.3 Å². The molecule has 114 valence electrons. The highest BCUT2D eigenvalue weighted by Crippen LogP contribution is 2.34. The molecule has 2 aromatic heterocycles. The van der Waals surface area contributed by atoms with Crippen LogP contribution in [0, 0.1) is 0 Å². The predicted molar refractivity (Wildman–Crippen MR) is 75.5 cm³/mol. The second-order valence-corrected chi connectivity index (χ2v) is 4.86. The van der Waals surface area contributed by atoms with Crippen molar-refractivity contribution in [1.82, 2.24) is 19.5 Å². The third-order valence-corrected chi connectivity index (χ3v) is 3.48. The Morgan fingerprint density at radius 3 is 2.95 bits per heavy atom. The number of imidazole rings is 1. The third-order valence-electron chi connectivity index (χ3n) is 3.48. The first-order chi connectivity index (χ1) is 10.2. The van der Waals surface area contributed by atoms with E-state index in [4.69, 9.17) is 15.6 Å². The van der Waals surface area contributed by atoms with Crippen LogP contribution in [0.2, 0.25) is 0 Å². The summed E-state index contributed by atoms with van der Waals surface area (Å²) in [6.07, 6.45) is 2.43. The van der Waals surface area contributed by atoms with E-state index in [-0.39, 0.29) is 25.5 Å². The number of hydrogen-bond acceptors (Lipinski definition) is 8. The monoisotopic (exact) mass is 294 g/mol. The number of ether oxygens (including phenoxy) is 1. The van der Waals surface area contributed by atoms with Crippen LogP contribution < -0.4 is 11.1 Å². The Kier molecular flexibility index (Phi) is 3.86. The van der Waals surface area contributed by atoms with Gasteiger partial charge in [-0.05, 0) is 12.8 Å². The fourth-order valence-corrected chi connectivity index (χ4v) is 2.50. The smallest absolute Gasteiger partial charge is 0.207 e. The zero-order valence-corrected chi connectivity index (χ0v) is 11.4. The molecule has 1 aliphatic rings. The number of aromatic nitrogens is 4. The van der Waals surface area contributed by atoms with Gasteiger partial charge in [0.25, 0.3) is 0 Å². The number of aliphatic hydroxyl groups excluding tert-OH is 2. The lowest BCUT2D eigenvalue weighted by atomic mass is 10.2. The Labute approximate surface area is 120 Å². The van der Waals surface area contributed by atoms with Gasteiger partial charge in [-0.15, -0.1) is 0 Å². The highest BCUT2D eigenvalue weighted by Gasteiger charge is 2.30. The van der Waals surface area contributed by atoms with Gasteiger partial charge in [0.15, 0.2) is 17.0 Å². The maximum atomic E-state index is 9.21. The molecule has 3 heterocycles. The largest absolute Gasteiger partial charge is 0.395 e. The van der Waals surface area contributed by atoms with E-state index in [9.17, 15) is 5.11 Å². The van der Waals surface area contributed by atoms with E-state index in [1.54, 1.807) is 4.57 Å². The van der Waals surface area contributed by atoms with Gasteiger partial charge in [0.2, 0.25) is 5.95 Å². The summed E-state index contributed by atoms with van der Waals surface area (Å²) in [6.45, 7) is 0.321. The fraction of sp³-hybridized carbons (Fsp3) is 0.583. The number of nitrogens with two attached hydrogens (primary N) is 1. The molecule has 1 saturated heterocycles. The molecular weight excluding hydrogens is 276 g/mol. The molecule has 5 N–H and O–H groups in total. The van der Waals surface area contributed by atoms with Crippen LogP contribution in [0.15, 0.2) is 6.33 Å². The van der Waals surface area contributed by atoms with Gasteiger partial charge in [0, 0.05) is 6.54 Å². The maximum Gasteiger partial charge on any atom is 0.207 e. The zero-order valence-electron chi connectivity index (χ0n) is 11.4. The first-order valence-electron chi connectivity index (χ1n) is 6.84. The second-order valence-electron chi connectivity index (χ2n) is 4.86. The molecule has 0 aromatic carbocycles. The van der Waals surface area contributed by atoms with Gasteiger partial charge < -0.3 is 26.0 Å². The van der Waals surface area contributed by atoms with Crippen molar-refractivity contribution in [3.8, 4) is 0 Å². The number of nitrogens with zero attached hydrogens (tertiary/aromatic N) is 4. The van der Waals surface area contributed by atoms with Crippen LogP contribution in [0.4, 0.5) is 11.8 Å². The fourth-order valence-electron chi connectivity index (χ4n) is 2.50. The molecule has 9 heteroatoms. The molecule has 21 heavy (non-hydrogen) atoms. The lowest BCUT2D eigenvalue weighted by Gasteiger charge is -2.17. The summed E-state index contributed by atoms with van der Waals surface area (Å²) < 4.78 is 7.60. The van der Waals surface area contributed by atoms with Crippen LogP contribution in [0.5, 0.6) is 0 Å². The van der Waals surface area contributed by atoms with Crippen LogP contribution in [-0.4, -0.2) is 55.6 Å². The van der Waals surface area contributed by atoms with Gasteiger partial charge in [-0.1, -0.05) is 0 Å². The summed E-state index contributed by atoms with van der Waals surface area (Å²) >= 11 is 0. The molecule has 1 aliphatic heterocycles. The van der Waals surface area contributed by atoms with E-state index in [2.05, 4.69) is 20.3 Å². The van der Waals surface area contributed by atoms with E-state index in [1.807, 2.05) is 0 Å². The summed E-state index contributed by atoms with van der Waals surface area (Å²) in [6, 6.07) is 0. The van der Waals surface area contributed by atoms with Crippen LogP contribution in [0.3, 0.4) is 0 Å². The SMILES string of the molecule is Nc1ncnc2c1nc(NCCO)n2C1CCC(CO)O1. The Hall–Kier alpha value is -1.97. The number of fused-ring (bicyclic) bond motifs is 1. The molecule has 2 unspecified atom stereocenters. The van der Waals surface area contributed by atoms with Crippen molar-refractivity contribution in [2.75, 3.05) is 30.8 Å². The highest BCUT2D eigenvalue weighted by atomic mass is 16.5. The molecule has 0 radical (unpaired) electrons. The summed E-state index contributed by atoms with van der Waals surface area (Å²) in [5.74, 6) is 0.817. The molecule has 0 amide bonds. The lowest BCUT2D eigenvalue weighted by Crippen LogP contribution is -2.18. The number of nitrogen functional groups attached to an aromatic ring is 1. The molecule has 0 saturated carbocycles. The van der Waals surface area contributed by atoms with Gasteiger partial charge in [0.1, 0.15) is 12.6 Å². The second kappa shape index (κ2) is 5.80. The zero-order chi connectivity index (χ0) is 14.8. The summed E-state index contributed by atoms with van der Waals surface area (Å²) in [5.41, 5.74) is 6.90. The molecule has 2 atom stereocenters. The van der Waals surface area contributed by atoms with E-state index < -0.39 is 0 Å². The van der Waals surface area contributed by atoms with Gasteiger partial charge in [-0.2, -0.15) is 0 Å². The van der Waals surface area contributed by atoms with Crippen molar-refractivity contribution in [3.05, 3.63) is 6.33 Å². The summed E-state index contributed by atoms with van der Waals surface area (Å²) in [5, 5.41) is 21.2.